The van der Waals surface area contributed by atoms with Gasteiger partial charge in [-0.1, -0.05) is 24.3 Å². The average Bonchev–Trinajstić information content (AvgIpc) is 3.53. The summed E-state index contributed by atoms with van der Waals surface area (Å²) >= 11 is 4.01. The van der Waals surface area contributed by atoms with Crippen molar-refractivity contribution < 1.29 is 9.47 Å². The maximum absolute atomic E-state index is 5.29. The van der Waals surface area contributed by atoms with Crippen molar-refractivity contribution in [1.29, 1.82) is 0 Å². The molecule has 0 N–H and O–H groups in total. The van der Waals surface area contributed by atoms with Crippen LogP contribution in [0.5, 0.6) is 0 Å². The molecule has 34 heavy (non-hydrogen) atoms. The molecular formula is C30H32O2S2. The predicted molar refractivity (Wildman–Crippen MR) is 148 cm³/mol. The van der Waals surface area contributed by atoms with Gasteiger partial charge in [0.25, 0.3) is 0 Å². The zero-order valence-electron chi connectivity index (χ0n) is 20.6. The molecule has 2 aliphatic rings. The normalized spacial score (nSPS) is 12.7. The first kappa shape index (κ1) is 22.5. The van der Waals surface area contributed by atoms with Crippen molar-refractivity contribution in [3.05, 3.63) is 43.8 Å². The Labute approximate surface area is 210 Å². The molecule has 2 heterocycles. The first-order valence-corrected chi connectivity index (χ1v) is 14.1. The highest BCUT2D eigenvalue weighted by Crippen LogP contribution is 2.61. The Morgan fingerprint density at radius 2 is 0.941 bits per heavy atom. The van der Waals surface area contributed by atoms with E-state index in [0.29, 0.717) is 0 Å². The number of unbranched alkanes of at least 4 members (excludes halogenated alkanes) is 2. The van der Waals surface area contributed by atoms with Gasteiger partial charge < -0.3 is 9.47 Å². The van der Waals surface area contributed by atoms with E-state index >= 15 is 0 Å². The first-order chi connectivity index (χ1) is 16.7. The van der Waals surface area contributed by atoms with E-state index in [1.807, 2.05) is 22.7 Å². The van der Waals surface area contributed by atoms with E-state index in [4.69, 9.17) is 9.47 Å². The Kier molecular flexibility index (Phi) is 5.89. The van der Waals surface area contributed by atoms with Gasteiger partial charge in [0.2, 0.25) is 0 Å². The smallest absolute Gasteiger partial charge is 0.0462 e. The fraction of sp³-hybridized carbons (Fsp3) is 0.400. The average molecular weight is 489 g/mol. The molecule has 2 nitrogen and oxygen atoms in total. The van der Waals surface area contributed by atoms with E-state index in [0.717, 1.165) is 38.9 Å². The quantitative estimate of drug-likeness (QED) is 0.179. The van der Waals surface area contributed by atoms with Crippen molar-refractivity contribution >= 4 is 33.4 Å². The Bertz CT molecular complexity index is 1300. The Hall–Kier alpha value is -1.98. The third kappa shape index (κ3) is 3.26. The Morgan fingerprint density at radius 1 is 0.559 bits per heavy atom. The van der Waals surface area contributed by atoms with Gasteiger partial charge in [-0.15, -0.1) is 22.7 Å². The third-order valence-corrected chi connectivity index (χ3v) is 9.89. The van der Waals surface area contributed by atoms with Crippen LogP contribution in [0.25, 0.3) is 55.3 Å². The SMILES string of the molecule is COCCCCc1sc(C)c2c1-c1ccc3c4c(ccc-2c14)-c1c(CCCCOC)sc(C)c1-3. The van der Waals surface area contributed by atoms with Crippen LogP contribution in [0.1, 0.15) is 45.2 Å². The van der Waals surface area contributed by atoms with E-state index in [-0.39, 0.29) is 0 Å². The predicted octanol–water partition coefficient (Wildman–Crippen LogP) is 8.81. The van der Waals surface area contributed by atoms with Gasteiger partial charge in [0.15, 0.2) is 0 Å². The Balaban J connectivity index is 1.45. The number of ether oxygens (including phenoxy) is 2. The highest BCUT2D eigenvalue weighted by atomic mass is 32.1. The first-order valence-electron chi connectivity index (χ1n) is 12.5. The lowest BCUT2D eigenvalue weighted by Crippen LogP contribution is -1.91. The highest BCUT2D eigenvalue weighted by molar-refractivity contribution is 7.13. The summed E-state index contributed by atoms with van der Waals surface area (Å²) in [6.45, 7) is 6.33. The zero-order chi connectivity index (χ0) is 23.4. The number of thiophene rings is 2. The largest absolute Gasteiger partial charge is 0.385 e. The fourth-order valence-electron chi connectivity index (χ4n) is 6.17. The van der Waals surface area contributed by atoms with Crippen LogP contribution in [0.4, 0.5) is 0 Å². The molecule has 2 aromatic heterocycles. The minimum absolute atomic E-state index is 0.852. The van der Waals surface area contributed by atoms with Crippen LogP contribution >= 0.6 is 22.7 Å². The maximum atomic E-state index is 5.29. The maximum Gasteiger partial charge on any atom is 0.0462 e. The molecule has 0 spiro atoms. The van der Waals surface area contributed by atoms with E-state index in [1.165, 1.54) is 77.9 Å². The van der Waals surface area contributed by atoms with E-state index in [1.54, 1.807) is 24.0 Å². The summed E-state index contributed by atoms with van der Waals surface area (Å²) in [7, 11) is 3.60. The zero-order valence-corrected chi connectivity index (χ0v) is 22.2. The van der Waals surface area contributed by atoms with Crippen molar-refractivity contribution in [1.82, 2.24) is 0 Å². The van der Waals surface area contributed by atoms with Crippen molar-refractivity contribution in [2.45, 2.75) is 52.4 Å². The lowest BCUT2D eigenvalue weighted by molar-refractivity contribution is 0.193. The summed E-state index contributed by atoms with van der Waals surface area (Å²) in [5.74, 6) is 0. The number of hydrogen-bond donors (Lipinski definition) is 0. The molecule has 6 rings (SSSR count). The summed E-state index contributed by atoms with van der Waals surface area (Å²) in [5.41, 5.74) is 11.9. The molecule has 0 unspecified atom stereocenters. The van der Waals surface area contributed by atoms with E-state index < -0.39 is 0 Å². The van der Waals surface area contributed by atoms with Gasteiger partial charge in [-0.3, -0.25) is 0 Å². The van der Waals surface area contributed by atoms with Crippen molar-refractivity contribution in [2.24, 2.45) is 0 Å². The second-order valence-electron chi connectivity index (χ2n) is 9.63. The second-order valence-corrected chi connectivity index (χ2v) is 12.3. The molecule has 2 aromatic carbocycles. The number of hydrogen-bond acceptors (Lipinski definition) is 4. The molecule has 0 fully saturated rings. The lowest BCUT2D eigenvalue weighted by Gasteiger charge is -2.09. The molecule has 0 amide bonds. The number of fused-ring (bicyclic) bond motifs is 6. The summed E-state index contributed by atoms with van der Waals surface area (Å²) in [5, 5.41) is 3.00. The molecule has 0 saturated heterocycles. The highest BCUT2D eigenvalue weighted by Gasteiger charge is 2.34. The van der Waals surface area contributed by atoms with E-state index in [2.05, 4.69) is 38.1 Å². The second kappa shape index (κ2) is 8.91. The molecule has 0 bridgehead atoms. The molecule has 176 valence electrons. The van der Waals surface area contributed by atoms with Crippen molar-refractivity contribution in [3.8, 4) is 44.5 Å². The molecule has 0 saturated carbocycles. The minimum Gasteiger partial charge on any atom is -0.385 e. The molecule has 4 heteroatoms. The Morgan fingerprint density at radius 3 is 1.32 bits per heavy atom. The van der Waals surface area contributed by atoms with Gasteiger partial charge in [0.05, 0.1) is 0 Å². The van der Waals surface area contributed by atoms with Gasteiger partial charge in [-0.2, -0.15) is 0 Å². The van der Waals surface area contributed by atoms with Gasteiger partial charge in [0.1, 0.15) is 0 Å². The molecule has 0 atom stereocenters. The molecule has 4 aromatic rings. The van der Waals surface area contributed by atoms with Crippen LogP contribution in [0.2, 0.25) is 0 Å². The summed E-state index contributed by atoms with van der Waals surface area (Å²) in [6, 6.07) is 9.68. The number of benzene rings is 2. The van der Waals surface area contributed by atoms with Crippen LogP contribution in [-0.4, -0.2) is 27.4 Å². The van der Waals surface area contributed by atoms with Crippen molar-refractivity contribution in [3.63, 3.8) is 0 Å². The number of methoxy groups -OCH3 is 2. The fourth-order valence-corrected chi connectivity index (χ4v) is 8.66. The van der Waals surface area contributed by atoms with Crippen LogP contribution < -0.4 is 0 Å². The number of rotatable bonds is 10. The lowest BCUT2D eigenvalue weighted by atomic mass is 9.96. The summed E-state index contributed by atoms with van der Waals surface area (Å²) < 4.78 is 10.6. The molecule has 2 aliphatic carbocycles. The summed E-state index contributed by atoms with van der Waals surface area (Å²) in [4.78, 5) is 6.04. The van der Waals surface area contributed by atoms with E-state index in [9.17, 15) is 0 Å². The van der Waals surface area contributed by atoms with Crippen LogP contribution in [-0.2, 0) is 22.3 Å². The van der Waals surface area contributed by atoms with Crippen LogP contribution in [0.15, 0.2) is 24.3 Å². The topological polar surface area (TPSA) is 18.5 Å². The summed E-state index contributed by atoms with van der Waals surface area (Å²) in [6.07, 6.45) is 6.91. The van der Waals surface area contributed by atoms with Crippen molar-refractivity contribution in [2.75, 3.05) is 27.4 Å². The standard InChI is InChI=1S/C30H32O2S2/c1-17-25-19-11-13-22-28-20(26-18(2)34-24(30(22)26)10-6-8-16-32-4)12-14-21(27(19)28)29(25)23(33-17)9-5-7-15-31-3/h11-14H,5-10,15-16H2,1-4H3. The minimum atomic E-state index is 0.852. The monoisotopic (exact) mass is 488 g/mol. The number of aryl methyl sites for hydroxylation is 4. The van der Waals surface area contributed by atoms with Gasteiger partial charge in [0, 0.05) is 69.2 Å². The van der Waals surface area contributed by atoms with Gasteiger partial charge in [-0.25, -0.2) is 0 Å². The van der Waals surface area contributed by atoms with Crippen LogP contribution in [0, 0.1) is 13.8 Å². The third-order valence-electron chi connectivity index (χ3n) is 7.56. The van der Waals surface area contributed by atoms with Gasteiger partial charge in [-0.05, 0) is 85.4 Å². The molecular weight excluding hydrogens is 456 g/mol. The molecule has 0 aliphatic heterocycles. The molecule has 0 radical (unpaired) electrons. The van der Waals surface area contributed by atoms with Crippen LogP contribution in [0.3, 0.4) is 0 Å². The van der Waals surface area contributed by atoms with Gasteiger partial charge >= 0.3 is 0 Å².